The second-order valence-corrected chi connectivity index (χ2v) is 8.32. The molecule has 0 radical (unpaired) electrons. The molecular formula is C18H21Cl2N3O2S. The van der Waals surface area contributed by atoms with Crippen LogP contribution in [0.25, 0.3) is 0 Å². The molecule has 5 nitrogen and oxygen atoms in total. The molecule has 140 valence electrons. The highest BCUT2D eigenvalue weighted by Gasteiger charge is 2.21. The van der Waals surface area contributed by atoms with Gasteiger partial charge in [-0.15, -0.1) is 11.3 Å². The molecule has 1 N–H and O–H groups in total. The fraction of sp³-hybridized carbons (Fsp3) is 0.389. The molecule has 0 saturated carbocycles. The highest BCUT2D eigenvalue weighted by atomic mass is 35.5. The van der Waals surface area contributed by atoms with E-state index in [1.54, 1.807) is 25.2 Å². The Morgan fingerprint density at radius 1 is 1.27 bits per heavy atom. The third-order valence-corrected chi connectivity index (χ3v) is 5.37. The van der Waals surface area contributed by atoms with Crippen molar-refractivity contribution in [3.05, 3.63) is 43.8 Å². The van der Waals surface area contributed by atoms with Crippen molar-refractivity contribution in [1.29, 1.82) is 0 Å². The van der Waals surface area contributed by atoms with Crippen LogP contribution in [0.2, 0.25) is 10.0 Å². The number of anilines is 1. The number of aromatic nitrogens is 1. The lowest BCUT2D eigenvalue weighted by atomic mass is 10.1. The molecule has 0 bridgehead atoms. The van der Waals surface area contributed by atoms with Crippen molar-refractivity contribution in [3.63, 3.8) is 0 Å². The fourth-order valence-corrected chi connectivity index (χ4v) is 4.11. The molecule has 0 unspecified atom stereocenters. The zero-order chi connectivity index (χ0) is 19.4. The lowest BCUT2D eigenvalue weighted by Crippen LogP contribution is -2.35. The number of thiazole rings is 1. The molecule has 1 aromatic heterocycles. The molecule has 8 heteroatoms. The predicted octanol–water partition coefficient (Wildman–Crippen LogP) is 4.67. The standard InChI is InChI=1S/C18H21Cl2N3O2S/c1-10(2)8-15-21-11(3)17(26-15)18(25)23(4)9-14(24)22-16-12(19)6-5-7-13(16)20/h5-7,10H,8-9H2,1-4H3,(H,22,24). The molecule has 0 aliphatic rings. The van der Waals surface area contributed by atoms with Gasteiger partial charge in [-0.25, -0.2) is 4.98 Å². The van der Waals surface area contributed by atoms with Gasteiger partial charge in [0.15, 0.2) is 0 Å². The van der Waals surface area contributed by atoms with Crippen LogP contribution in [0.1, 0.15) is 34.2 Å². The lowest BCUT2D eigenvalue weighted by molar-refractivity contribution is -0.116. The maximum absolute atomic E-state index is 12.7. The predicted molar refractivity (Wildman–Crippen MR) is 107 cm³/mol. The summed E-state index contributed by atoms with van der Waals surface area (Å²) in [7, 11) is 1.58. The smallest absolute Gasteiger partial charge is 0.266 e. The summed E-state index contributed by atoms with van der Waals surface area (Å²) in [5.74, 6) is -0.136. The average molecular weight is 414 g/mol. The average Bonchev–Trinajstić information content (AvgIpc) is 2.89. The Morgan fingerprint density at radius 3 is 2.46 bits per heavy atom. The zero-order valence-corrected chi connectivity index (χ0v) is 17.4. The molecule has 0 fully saturated rings. The van der Waals surface area contributed by atoms with E-state index in [1.807, 2.05) is 6.92 Å². The van der Waals surface area contributed by atoms with Crippen molar-refractivity contribution in [2.75, 3.05) is 18.9 Å². The summed E-state index contributed by atoms with van der Waals surface area (Å²) in [4.78, 5) is 31.3. The van der Waals surface area contributed by atoms with Gasteiger partial charge < -0.3 is 10.2 Å². The van der Waals surface area contributed by atoms with Crippen molar-refractivity contribution in [2.45, 2.75) is 27.2 Å². The molecule has 0 aliphatic heterocycles. The normalized spacial score (nSPS) is 10.9. The summed E-state index contributed by atoms with van der Waals surface area (Å²) in [5.41, 5.74) is 1.03. The van der Waals surface area contributed by atoms with Gasteiger partial charge in [-0.3, -0.25) is 9.59 Å². The molecule has 2 aromatic rings. The van der Waals surface area contributed by atoms with Crippen LogP contribution >= 0.6 is 34.5 Å². The molecule has 1 heterocycles. The van der Waals surface area contributed by atoms with Crippen molar-refractivity contribution in [2.24, 2.45) is 5.92 Å². The first-order valence-corrected chi connectivity index (χ1v) is 9.72. The molecule has 0 atom stereocenters. The van der Waals surface area contributed by atoms with E-state index in [1.165, 1.54) is 16.2 Å². The highest BCUT2D eigenvalue weighted by Crippen LogP contribution is 2.29. The number of carbonyl (C=O) groups is 2. The Hall–Kier alpha value is -1.63. The summed E-state index contributed by atoms with van der Waals surface area (Å²) in [6.45, 7) is 5.91. The highest BCUT2D eigenvalue weighted by molar-refractivity contribution is 7.13. The second kappa shape index (κ2) is 8.84. The lowest BCUT2D eigenvalue weighted by Gasteiger charge is -2.17. The van der Waals surface area contributed by atoms with Crippen molar-refractivity contribution in [1.82, 2.24) is 9.88 Å². The van der Waals surface area contributed by atoms with Gasteiger partial charge in [0.25, 0.3) is 5.91 Å². The maximum Gasteiger partial charge on any atom is 0.266 e. The number of halogens is 2. The van der Waals surface area contributed by atoms with Crippen molar-refractivity contribution < 1.29 is 9.59 Å². The molecule has 1 aromatic carbocycles. The first kappa shape index (κ1) is 20.7. The number of hydrogen-bond acceptors (Lipinski definition) is 4. The van der Waals surface area contributed by atoms with E-state index in [-0.39, 0.29) is 18.4 Å². The number of rotatable bonds is 6. The first-order valence-electron chi connectivity index (χ1n) is 8.14. The van der Waals surface area contributed by atoms with E-state index < -0.39 is 0 Å². The number of carbonyl (C=O) groups excluding carboxylic acids is 2. The quantitative estimate of drug-likeness (QED) is 0.748. The Labute approximate surface area is 167 Å². The van der Waals surface area contributed by atoms with Gasteiger partial charge >= 0.3 is 0 Å². The van der Waals surface area contributed by atoms with E-state index in [0.717, 1.165) is 11.4 Å². The minimum atomic E-state index is -0.375. The summed E-state index contributed by atoms with van der Waals surface area (Å²) in [6, 6.07) is 4.96. The van der Waals surface area contributed by atoms with Gasteiger partial charge in [0.05, 0.1) is 33.0 Å². The summed E-state index contributed by atoms with van der Waals surface area (Å²) >= 11 is 13.5. The molecule has 2 amide bonds. The monoisotopic (exact) mass is 413 g/mol. The molecule has 0 saturated heterocycles. The first-order chi connectivity index (χ1) is 12.2. The molecule has 2 rings (SSSR count). The number of nitrogens with zero attached hydrogens (tertiary/aromatic N) is 2. The SMILES string of the molecule is Cc1nc(CC(C)C)sc1C(=O)N(C)CC(=O)Nc1c(Cl)cccc1Cl. The van der Waals surface area contributed by atoms with Gasteiger partial charge in [-0.1, -0.05) is 43.1 Å². The van der Waals surface area contributed by atoms with E-state index >= 15 is 0 Å². The Bertz CT molecular complexity index is 801. The fourth-order valence-electron chi connectivity index (χ4n) is 2.34. The van der Waals surface area contributed by atoms with Crippen LogP contribution in [0.5, 0.6) is 0 Å². The number of nitrogens with one attached hydrogen (secondary N) is 1. The van der Waals surface area contributed by atoms with E-state index in [0.29, 0.717) is 32.2 Å². The number of hydrogen-bond donors (Lipinski definition) is 1. The summed E-state index contributed by atoms with van der Waals surface area (Å²) in [5, 5.41) is 4.27. The Morgan fingerprint density at radius 2 is 1.88 bits per heavy atom. The summed E-state index contributed by atoms with van der Waals surface area (Å²) in [6.07, 6.45) is 0.827. The topological polar surface area (TPSA) is 62.3 Å². The van der Waals surface area contributed by atoms with Crippen LogP contribution < -0.4 is 5.32 Å². The van der Waals surface area contributed by atoms with Crippen LogP contribution in [0.3, 0.4) is 0 Å². The van der Waals surface area contributed by atoms with Crippen LogP contribution in [-0.4, -0.2) is 35.3 Å². The van der Waals surface area contributed by atoms with Crippen LogP contribution in [0.15, 0.2) is 18.2 Å². The van der Waals surface area contributed by atoms with Gasteiger partial charge in [0.1, 0.15) is 4.88 Å². The van der Waals surface area contributed by atoms with Gasteiger partial charge in [-0.05, 0) is 25.0 Å². The van der Waals surface area contributed by atoms with Crippen LogP contribution in [-0.2, 0) is 11.2 Å². The maximum atomic E-state index is 12.7. The third-order valence-electron chi connectivity index (χ3n) is 3.57. The number of para-hydroxylation sites is 1. The van der Waals surface area contributed by atoms with Gasteiger partial charge in [0, 0.05) is 13.5 Å². The Balaban J connectivity index is 2.05. The van der Waals surface area contributed by atoms with Crippen molar-refractivity contribution >= 4 is 52.0 Å². The molecule has 0 aliphatic carbocycles. The molecular weight excluding hydrogens is 393 g/mol. The zero-order valence-electron chi connectivity index (χ0n) is 15.1. The van der Waals surface area contributed by atoms with E-state index in [9.17, 15) is 9.59 Å². The minimum Gasteiger partial charge on any atom is -0.332 e. The number of aryl methyl sites for hydroxylation is 1. The van der Waals surface area contributed by atoms with Crippen LogP contribution in [0, 0.1) is 12.8 Å². The molecule has 26 heavy (non-hydrogen) atoms. The Kier molecular flexibility index (Phi) is 7.03. The van der Waals surface area contributed by atoms with Gasteiger partial charge in [0.2, 0.25) is 5.91 Å². The van der Waals surface area contributed by atoms with Crippen molar-refractivity contribution in [3.8, 4) is 0 Å². The van der Waals surface area contributed by atoms with E-state index in [2.05, 4.69) is 24.1 Å². The summed E-state index contributed by atoms with van der Waals surface area (Å²) < 4.78 is 0. The minimum absolute atomic E-state index is 0.114. The van der Waals surface area contributed by atoms with E-state index in [4.69, 9.17) is 23.2 Å². The van der Waals surface area contributed by atoms with Crippen LogP contribution in [0.4, 0.5) is 5.69 Å². The second-order valence-electron chi connectivity index (χ2n) is 6.43. The molecule has 0 spiro atoms. The third kappa shape index (κ3) is 5.19. The van der Waals surface area contributed by atoms with Gasteiger partial charge in [-0.2, -0.15) is 0 Å². The number of likely N-dealkylation sites (N-methyl/N-ethyl adjacent to an activating group) is 1. The number of amides is 2. The number of benzene rings is 1. The largest absolute Gasteiger partial charge is 0.332 e.